The maximum absolute atomic E-state index is 12.8. The fraction of sp³-hybridized carbons (Fsp3) is 0.632. The standard InChI is InChI=1S/C19H27NO3S/c1-20(17-11-6-12-18(17)24(2,22)23)19(21)13-15-9-5-8-14-7-3-4-10-16(14)15/h3-4,7,10,15,17-18H,5-6,8-9,11-13H2,1-2H3. The van der Waals surface area contributed by atoms with E-state index in [2.05, 4.69) is 18.2 Å². The molecule has 0 saturated heterocycles. The summed E-state index contributed by atoms with van der Waals surface area (Å²) in [4.78, 5) is 14.5. The Morgan fingerprint density at radius 3 is 2.67 bits per heavy atom. The van der Waals surface area contributed by atoms with Crippen LogP contribution in [0.2, 0.25) is 0 Å². The average Bonchev–Trinajstić information content (AvgIpc) is 3.04. The van der Waals surface area contributed by atoms with Gasteiger partial charge in [0, 0.05) is 25.8 Å². The van der Waals surface area contributed by atoms with E-state index in [4.69, 9.17) is 0 Å². The molecule has 0 aliphatic heterocycles. The van der Waals surface area contributed by atoms with E-state index in [1.54, 1.807) is 11.9 Å². The van der Waals surface area contributed by atoms with Gasteiger partial charge in [0.2, 0.25) is 5.91 Å². The largest absolute Gasteiger partial charge is 0.341 e. The van der Waals surface area contributed by atoms with E-state index in [-0.39, 0.29) is 17.9 Å². The van der Waals surface area contributed by atoms with E-state index in [0.717, 1.165) is 32.1 Å². The number of sulfone groups is 1. The Balaban J connectivity index is 1.71. The van der Waals surface area contributed by atoms with Crippen molar-refractivity contribution in [2.75, 3.05) is 13.3 Å². The van der Waals surface area contributed by atoms with Gasteiger partial charge in [0.05, 0.1) is 5.25 Å². The lowest BCUT2D eigenvalue weighted by Crippen LogP contribution is -2.44. The molecule has 0 N–H and O–H groups in total. The van der Waals surface area contributed by atoms with Gasteiger partial charge in [0.25, 0.3) is 0 Å². The van der Waals surface area contributed by atoms with E-state index in [1.165, 1.54) is 17.4 Å². The second-order valence-corrected chi connectivity index (χ2v) is 9.63. The number of rotatable bonds is 4. The number of hydrogen-bond acceptors (Lipinski definition) is 3. The van der Waals surface area contributed by atoms with Gasteiger partial charge >= 0.3 is 0 Å². The molecule has 2 aliphatic rings. The van der Waals surface area contributed by atoms with Crippen LogP contribution in [-0.2, 0) is 21.1 Å². The Labute approximate surface area is 145 Å². The van der Waals surface area contributed by atoms with E-state index in [0.29, 0.717) is 12.8 Å². The molecular formula is C19H27NO3S. The maximum Gasteiger partial charge on any atom is 0.223 e. The summed E-state index contributed by atoms with van der Waals surface area (Å²) in [6, 6.07) is 8.24. The minimum Gasteiger partial charge on any atom is -0.341 e. The van der Waals surface area contributed by atoms with Crippen LogP contribution in [0, 0.1) is 0 Å². The van der Waals surface area contributed by atoms with Crippen LogP contribution in [0.25, 0.3) is 0 Å². The Morgan fingerprint density at radius 2 is 1.92 bits per heavy atom. The smallest absolute Gasteiger partial charge is 0.223 e. The van der Waals surface area contributed by atoms with Gasteiger partial charge in [-0.2, -0.15) is 0 Å². The zero-order chi connectivity index (χ0) is 17.3. The average molecular weight is 349 g/mol. The molecule has 3 rings (SSSR count). The molecule has 0 radical (unpaired) electrons. The Hall–Kier alpha value is -1.36. The van der Waals surface area contributed by atoms with E-state index in [1.807, 2.05) is 6.07 Å². The van der Waals surface area contributed by atoms with Crippen molar-refractivity contribution in [1.82, 2.24) is 4.90 Å². The summed E-state index contributed by atoms with van der Waals surface area (Å²) in [5.41, 5.74) is 2.66. The highest BCUT2D eigenvalue weighted by Gasteiger charge is 2.39. The molecule has 3 atom stereocenters. The molecule has 5 heteroatoms. The van der Waals surface area contributed by atoms with Crippen molar-refractivity contribution in [1.29, 1.82) is 0 Å². The predicted molar refractivity (Wildman–Crippen MR) is 95.8 cm³/mol. The molecule has 0 spiro atoms. The first-order valence-electron chi connectivity index (χ1n) is 8.90. The maximum atomic E-state index is 12.8. The second-order valence-electron chi connectivity index (χ2n) is 7.36. The predicted octanol–water partition coefficient (Wildman–Crippen LogP) is 2.92. The minimum absolute atomic E-state index is 0.0808. The molecule has 1 amide bonds. The molecule has 0 bridgehead atoms. The number of amides is 1. The zero-order valence-corrected chi connectivity index (χ0v) is 15.4. The molecule has 1 aromatic carbocycles. The molecule has 24 heavy (non-hydrogen) atoms. The van der Waals surface area contributed by atoms with Gasteiger partial charge in [0.1, 0.15) is 0 Å². The van der Waals surface area contributed by atoms with Crippen molar-refractivity contribution < 1.29 is 13.2 Å². The lowest BCUT2D eigenvalue weighted by molar-refractivity contribution is -0.132. The Kier molecular flexibility index (Phi) is 5.00. The number of carbonyl (C=O) groups is 1. The summed E-state index contributed by atoms with van der Waals surface area (Å²) in [7, 11) is -1.32. The van der Waals surface area contributed by atoms with Crippen LogP contribution in [-0.4, -0.2) is 43.8 Å². The van der Waals surface area contributed by atoms with Crippen molar-refractivity contribution in [3.8, 4) is 0 Å². The normalized spacial score (nSPS) is 26.8. The molecule has 4 nitrogen and oxygen atoms in total. The number of aryl methyl sites for hydroxylation is 1. The quantitative estimate of drug-likeness (QED) is 0.840. The lowest BCUT2D eigenvalue weighted by Gasteiger charge is -2.31. The highest BCUT2D eigenvalue weighted by Crippen LogP contribution is 2.35. The van der Waals surface area contributed by atoms with Crippen molar-refractivity contribution in [2.45, 2.75) is 62.2 Å². The summed E-state index contributed by atoms with van der Waals surface area (Å²) in [5.74, 6) is 0.347. The van der Waals surface area contributed by atoms with Gasteiger partial charge in [-0.25, -0.2) is 8.42 Å². The van der Waals surface area contributed by atoms with Crippen LogP contribution < -0.4 is 0 Å². The molecule has 0 aromatic heterocycles. The molecule has 3 unspecified atom stereocenters. The van der Waals surface area contributed by atoms with Gasteiger partial charge in [-0.15, -0.1) is 0 Å². The summed E-state index contributed by atoms with van der Waals surface area (Å²) in [5, 5.41) is -0.398. The summed E-state index contributed by atoms with van der Waals surface area (Å²) >= 11 is 0. The summed E-state index contributed by atoms with van der Waals surface area (Å²) in [6.07, 6.45) is 7.38. The minimum atomic E-state index is -3.11. The fourth-order valence-corrected chi connectivity index (χ4v) is 5.94. The first-order chi connectivity index (χ1) is 11.4. The van der Waals surface area contributed by atoms with Gasteiger partial charge in [0.15, 0.2) is 9.84 Å². The van der Waals surface area contributed by atoms with Gasteiger partial charge < -0.3 is 4.90 Å². The fourth-order valence-electron chi connectivity index (χ4n) is 4.46. The zero-order valence-electron chi connectivity index (χ0n) is 14.6. The lowest BCUT2D eigenvalue weighted by atomic mass is 9.81. The van der Waals surface area contributed by atoms with Gasteiger partial charge in [-0.3, -0.25) is 4.79 Å². The number of fused-ring (bicyclic) bond motifs is 1. The highest BCUT2D eigenvalue weighted by molar-refractivity contribution is 7.91. The first kappa shape index (κ1) is 17.5. The van der Waals surface area contributed by atoms with Gasteiger partial charge in [-0.05, 0) is 55.6 Å². The van der Waals surface area contributed by atoms with Crippen LogP contribution in [0.4, 0.5) is 0 Å². The molecule has 1 aromatic rings. The van der Waals surface area contributed by atoms with Gasteiger partial charge in [-0.1, -0.05) is 24.3 Å². The summed E-state index contributed by atoms with van der Waals surface area (Å²) in [6.45, 7) is 0. The first-order valence-corrected chi connectivity index (χ1v) is 10.9. The van der Waals surface area contributed by atoms with Crippen molar-refractivity contribution in [3.05, 3.63) is 35.4 Å². The molecule has 132 valence electrons. The molecule has 1 fully saturated rings. The number of benzene rings is 1. The number of hydrogen-bond donors (Lipinski definition) is 0. The Morgan fingerprint density at radius 1 is 1.17 bits per heavy atom. The van der Waals surface area contributed by atoms with E-state index >= 15 is 0 Å². The van der Waals surface area contributed by atoms with Crippen LogP contribution >= 0.6 is 0 Å². The van der Waals surface area contributed by atoms with Crippen LogP contribution in [0.5, 0.6) is 0 Å². The molecule has 0 heterocycles. The van der Waals surface area contributed by atoms with Crippen molar-refractivity contribution in [3.63, 3.8) is 0 Å². The van der Waals surface area contributed by atoms with E-state index in [9.17, 15) is 13.2 Å². The highest BCUT2D eigenvalue weighted by atomic mass is 32.2. The van der Waals surface area contributed by atoms with Crippen molar-refractivity contribution >= 4 is 15.7 Å². The summed E-state index contributed by atoms with van der Waals surface area (Å²) < 4.78 is 24.0. The molecule has 2 aliphatic carbocycles. The topological polar surface area (TPSA) is 54.5 Å². The third kappa shape index (κ3) is 3.51. The Bertz CT molecular complexity index is 713. The monoisotopic (exact) mass is 349 g/mol. The third-order valence-electron chi connectivity index (χ3n) is 5.77. The van der Waals surface area contributed by atoms with Crippen LogP contribution in [0.15, 0.2) is 24.3 Å². The van der Waals surface area contributed by atoms with E-state index < -0.39 is 15.1 Å². The van der Waals surface area contributed by atoms with Crippen LogP contribution in [0.1, 0.15) is 55.6 Å². The SMILES string of the molecule is CN(C(=O)CC1CCCc2ccccc21)C1CCCC1S(C)(=O)=O. The number of nitrogens with zero attached hydrogens (tertiary/aromatic N) is 1. The third-order valence-corrected chi connectivity index (χ3v) is 7.42. The second kappa shape index (κ2) is 6.87. The van der Waals surface area contributed by atoms with Crippen molar-refractivity contribution in [2.24, 2.45) is 0 Å². The molecule has 1 saturated carbocycles. The van der Waals surface area contributed by atoms with Crippen LogP contribution in [0.3, 0.4) is 0 Å². The number of carbonyl (C=O) groups excluding carboxylic acids is 1. The molecular weight excluding hydrogens is 322 g/mol.